The molecule has 0 unspecified atom stereocenters. The molecular weight excluding hydrogens is 435 g/mol. The van der Waals surface area contributed by atoms with Crippen molar-refractivity contribution in [3.05, 3.63) is 29.8 Å². The van der Waals surface area contributed by atoms with E-state index in [9.17, 15) is 8.78 Å². The number of aliphatic imine (C=N–C) groups is 1. The van der Waals surface area contributed by atoms with Gasteiger partial charge in [-0.15, -0.1) is 24.0 Å². The third kappa shape index (κ3) is 10.6. The molecule has 1 aromatic carbocycles. The number of thioether (sulfide) groups is 1. The summed E-state index contributed by atoms with van der Waals surface area (Å²) in [6, 6.07) is 6.63. The molecule has 132 valence electrons. The van der Waals surface area contributed by atoms with Crippen LogP contribution >= 0.6 is 35.7 Å². The Bertz CT molecular complexity index is 464. The lowest BCUT2D eigenvalue weighted by Crippen LogP contribution is -2.37. The summed E-state index contributed by atoms with van der Waals surface area (Å²) in [6.07, 6.45) is 4.34. The molecule has 0 atom stereocenters. The zero-order valence-electron chi connectivity index (χ0n) is 13.4. The normalized spacial score (nSPS) is 11.1. The summed E-state index contributed by atoms with van der Waals surface area (Å²) in [5, 5.41) is 6.37. The molecule has 0 amide bonds. The molecule has 0 spiro atoms. The molecule has 0 aliphatic rings. The van der Waals surface area contributed by atoms with Crippen molar-refractivity contribution in [3.8, 4) is 5.75 Å². The highest BCUT2D eigenvalue weighted by atomic mass is 127. The van der Waals surface area contributed by atoms with E-state index in [-0.39, 0.29) is 29.7 Å². The summed E-state index contributed by atoms with van der Waals surface area (Å²) < 4.78 is 28.7. The lowest BCUT2D eigenvalue weighted by molar-refractivity contribution is -0.0498. The molecule has 0 radical (unpaired) electrons. The van der Waals surface area contributed by atoms with Crippen LogP contribution in [0.1, 0.15) is 18.4 Å². The first-order chi connectivity index (χ1) is 10.7. The second-order valence-electron chi connectivity index (χ2n) is 4.58. The number of hydrogen-bond acceptors (Lipinski definition) is 3. The predicted octanol–water partition coefficient (Wildman–Crippen LogP) is 3.71. The number of benzene rings is 1. The van der Waals surface area contributed by atoms with E-state index >= 15 is 0 Å². The molecule has 0 saturated carbocycles. The quantitative estimate of drug-likeness (QED) is 0.256. The summed E-state index contributed by atoms with van der Waals surface area (Å²) in [6.45, 7) is -1.46. The van der Waals surface area contributed by atoms with Crippen LogP contribution in [-0.4, -0.2) is 38.2 Å². The summed E-state index contributed by atoms with van der Waals surface area (Å²) in [7, 11) is 1.70. The van der Waals surface area contributed by atoms with Crippen molar-refractivity contribution < 1.29 is 13.5 Å². The van der Waals surface area contributed by atoms with Crippen molar-refractivity contribution in [2.24, 2.45) is 4.99 Å². The minimum atomic E-state index is -2.81. The molecule has 2 N–H and O–H groups in total. The van der Waals surface area contributed by atoms with Crippen LogP contribution in [0, 0.1) is 0 Å². The Balaban J connectivity index is 0.00000484. The Morgan fingerprint density at radius 3 is 2.74 bits per heavy atom. The molecule has 0 aliphatic heterocycles. The maximum atomic E-state index is 12.2. The lowest BCUT2D eigenvalue weighted by Gasteiger charge is -2.12. The maximum absolute atomic E-state index is 12.2. The number of nitrogens with one attached hydrogen (secondary N) is 2. The van der Waals surface area contributed by atoms with Gasteiger partial charge >= 0.3 is 6.61 Å². The van der Waals surface area contributed by atoms with Crippen LogP contribution in [0.3, 0.4) is 0 Å². The average Bonchev–Trinajstić information content (AvgIpc) is 2.50. The molecule has 0 saturated heterocycles. The van der Waals surface area contributed by atoms with E-state index in [0.29, 0.717) is 12.5 Å². The topological polar surface area (TPSA) is 45.7 Å². The largest absolute Gasteiger partial charge is 0.435 e. The standard InChI is InChI=1S/C15H23F2N3OS.HI/c1-18-15(19-8-3-4-9-22-2)20-11-12-6-5-7-13(10-12)21-14(16)17;/h5-7,10,14H,3-4,8-9,11H2,1-2H3,(H2,18,19,20);1H. The minimum Gasteiger partial charge on any atom is -0.435 e. The van der Waals surface area contributed by atoms with E-state index in [0.717, 1.165) is 30.7 Å². The molecule has 0 heterocycles. The van der Waals surface area contributed by atoms with E-state index in [1.54, 1.807) is 19.2 Å². The van der Waals surface area contributed by atoms with Crippen LogP contribution in [0.2, 0.25) is 0 Å². The van der Waals surface area contributed by atoms with Crippen molar-refractivity contribution in [1.29, 1.82) is 0 Å². The monoisotopic (exact) mass is 459 g/mol. The van der Waals surface area contributed by atoms with Gasteiger partial charge in [-0.25, -0.2) is 0 Å². The number of guanidine groups is 1. The van der Waals surface area contributed by atoms with Crippen LogP contribution < -0.4 is 15.4 Å². The van der Waals surface area contributed by atoms with Crippen molar-refractivity contribution in [2.75, 3.05) is 25.6 Å². The van der Waals surface area contributed by atoms with Crippen LogP contribution in [0.4, 0.5) is 8.78 Å². The van der Waals surface area contributed by atoms with Crippen molar-refractivity contribution >= 4 is 41.7 Å². The van der Waals surface area contributed by atoms with Gasteiger partial charge in [-0.2, -0.15) is 20.5 Å². The van der Waals surface area contributed by atoms with Gasteiger partial charge in [0.15, 0.2) is 5.96 Å². The SMILES string of the molecule is CN=C(NCCCCSC)NCc1cccc(OC(F)F)c1.I. The van der Waals surface area contributed by atoms with Crippen LogP contribution in [-0.2, 0) is 6.54 Å². The number of alkyl halides is 2. The van der Waals surface area contributed by atoms with Crippen LogP contribution in [0.25, 0.3) is 0 Å². The second-order valence-corrected chi connectivity index (χ2v) is 5.56. The van der Waals surface area contributed by atoms with Crippen molar-refractivity contribution in [1.82, 2.24) is 10.6 Å². The highest BCUT2D eigenvalue weighted by molar-refractivity contribution is 14.0. The summed E-state index contributed by atoms with van der Waals surface area (Å²) in [5.41, 5.74) is 0.850. The Morgan fingerprint density at radius 1 is 1.30 bits per heavy atom. The van der Waals surface area contributed by atoms with Gasteiger partial charge in [0, 0.05) is 20.1 Å². The third-order valence-electron chi connectivity index (χ3n) is 2.87. The highest BCUT2D eigenvalue weighted by Crippen LogP contribution is 2.15. The van der Waals surface area contributed by atoms with Gasteiger partial charge in [0.25, 0.3) is 0 Å². The smallest absolute Gasteiger partial charge is 0.387 e. The fourth-order valence-corrected chi connectivity index (χ4v) is 2.31. The van der Waals surface area contributed by atoms with Gasteiger partial charge in [-0.3, -0.25) is 4.99 Å². The molecule has 8 heteroatoms. The van der Waals surface area contributed by atoms with E-state index in [4.69, 9.17) is 0 Å². The van der Waals surface area contributed by atoms with E-state index < -0.39 is 6.61 Å². The highest BCUT2D eigenvalue weighted by Gasteiger charge is 2.05. The first kappa shape index (κ1) is 22.2. The number of hydrogen-bond donors (Lipinski definition) is 2. The van der Waals surface area contributed by atoms with Gasteiger partial charge in [0.2, 0.25) is 0 Å². The molecule has 23 heavy (non-hydrogen) atoms. The number of rotatable bonds is 9. The molecule has 0 aliphatic carbocycles. The van der Waals surface area contributed by atoms with Crippen LogP contribution in [0.15, 0.2) is 29.3 Å². The Morgan fingerprint density at radius 2 is 2.09 bits per heavy atom. The van der Waals surface area contributed by atoms with E-state index in [1.165, 1.54) is 6.07 Å². The Hall–Kier alpha value is -0.770. The molecular formula is C15H24F2IN3OS. The molecule has 1 rings (SSSR count). The van der Waals surface area contributed by atoms with E-state index in [1.807, 2.05) is 17.8 Å². The first-order valence-corrected chi connectivity index (χ1v) is 8.52. The van der Waals surface area contributed by atoms with Gasteiger partial charge < -0.3 is 15.4 Å². The van der Waals surface area contributed by atoms with Crippen molar-refractivity contribution in [3.63, 3.8) is 0 Å². The van der Waals surface area contributed by atoms with Gasteiger partial charge in [0.1, 0.15) is 5.75 Å². The summed E-state index contributed by atoms with van der Waals surface area (Å²) in [5.74, 6) is 2.02. The fraction of sp³-hybridized carbons (Fsp3) is 0.533. The molecule has 0 bridgehead atoms. The Labute approximate surface area is 157 Å². The second kappa shape index (κ2) is 13.6. The lowest BCUT2D eigenvalue weighted by atomic mass is 10.2. The first-order valence-electron chi connectivity index (χ1n) is 7.13. The number of ether oxygens (including phenoxy) is 1. The van der Waals surface area contributed by atoms with Gasteiger partial charge in [-0.05, 0) is 42.5 Å². The average molecular weight is 459 g/mol. The van der Waals surface area contributed by atoms with Gasteiger partial charge in [0.05, 0.1) is 0 Å². The molecule has 1 aromatic rings. The maximum Gasteiger partial charge on any atom is 0.387 e. The Kier molecular flexibility index (Phi) is 13.2. The summed E-state index contributed by atoms with van der Waals surface area (Å²) >= 11 is 1.84. The zero-order chi connectivity index (χ0) is 16.2. The third-order valence-corrected chi connectivity index (χ3v) is 3.57. The summed E-state index contributed by atoms with van der Waals surface area (Å²) in [4.78, 5) is 4.13. The predicted molar refractivity (Wildman–Crippen MR) is 104 cm³/mol. The van der Waals surface area contributed by atoms with Gasteiger partial charge in [-0.1, -0.05) is 12.1 Å². The molecule has 0 fully saturated rings. The number of nitrogens with zero attached hydrogens (tertiary/aromatic N) is 1. The van der Waals surface area contributed by atoms with Crippen molar-refractivity contribution in [2.45, 2.75) is 26.0 Å². The fourth-order valence-electron chi connectivity index (χ4n) is 1.82. The molecule has 4 nitrogen and oxygen atoms in total. The molecule has 0 aromatic heterocycles. The van der Waals surface area contributed by atoms with Crippen LogP contribution in [0.5, 0.6) is 5.75 Å². The van der Waals surface area contributed by atoms with E-state index in [2.05, 4.69) is 26.6 Å². The number of halogens is 3. The number of unbranched alkanes of at least 4 members (excludes halogenated alkanes) is 1. The minimum absolute atomic E-state index is 0. The zero-order valence-corrected chi connectivity index (χ0v) is 16.5.